The van der Waals surface area contributed by atoms with Gasteiger partial charge in [-0.1, -0.05) is 31.0 Å². The van der Waals surface area contributed by atoms with Gasteiger partial charge in [-0.05, 0) is 19.3 Å². The van der Waals surface area contributed by atoms with Crippen LogP contribution in [0.2, 0.25) is 0 Å². The maximum atomic E-state index is 8.56. The summed E-state index contributed by atoms with van der Waals surface area (Å²) in [5.74, 6) is 7.05. The van der Waals surface area contributed by atoms with Crippen LogP contribution in [0.1, 0.15) is 31.2 Å². The lowest BCUT2D eigenvalue weighted by atomic mass is 10.4. The highest BCUT2D eigenvalue weighted by Gasteiger charge is 2.07. The first kappa shape index (κ1) is 12.2. The highest BCUT2D eigenvalue weighted by Crippen LogP contribution is 2.21. The summed E-state index contributed by atoms with van der Waals surface area (Å²) in [4.78, 5) is 4.23. The summed E-state index contributed by atoms with van der Waals surface area (Å²) in [5, 5.41) is 9.23. The van der Waals surface area contributed by atoms with E-state index in [0.29, 0.717) is 10.9 Å². The Balaban J connectivity index is 2.60. The van der Waals surface area contributed by atoms with Crippen molar-refractivity contribution in [1.82, 2.24) is 4.98 Å². The maximum absolute atomic E-state index is 8.56. The minimum absolute atomic E-state index is 0.148. The van der Waals surface area contributed by atoms with Crippen LogP contribution in [0.3, 0.4) is 0 Å². The molecule has 4 heteroatoms. The fourth-order valence-electron chi connectivity index (χ4n) is 0.977. The molecule has 3 nitrogen and oxygen atoms in total. The van der Waals surface area contributed by atoms with Crippen molar-refractivity contribution < 1.29 is 9.52 Å². The van der Waals surface area contributed by atoms with Crippen LogP contribution >= 0.6 is 11.8 Å². The zero-order valence-electron chi connectivity index (χ0n) is 9.04. The van der Waals surface area contributed by atoms with Crippen LogP contribution in [0.15, 0.2) is 9.64 Å². The molecule has 1 aromatic rings. The molecule has 0 saturated heterocycles. The fourth-order valence-corrected chi connectivity index (χ4v) is 1.92. The molecule has 0 fully saturated rings. The van der Waals surface area contributed by atoms with E-state index in [9.17, 15) is 0 Å². The molecule has 0 aromatic carbocycles. The van der Waals surface area contributed by atoms with Gasteiger partial charge < -0.3 is 9.52 Å². The molecule has 0 aliphatic rings. The van der Waals surface area contributed by atoms with Crippen molar-refractivity contribution in [3.63, 3.8) is 0 Å². The molecule has 0 aliphatic carbocycles. The zero-order chi connectivity index (χ0) is 11.1. The molecular formula is C11H15NO2S. The largest absolute Gasteiger partial charge is 0.435 e. The predicted molar refractivity (Wildman–Crippen MR) is 60.8 cm³/mol. The van der Waals surface area contributed by atoms with Crippen molar-refractivity contribution in [3.05, 3.63) is 11.5 Å². The molecule has 0 saturated carbocycles. The van der Waals surface area contributed by atoms with E-state index >= 15 is 0 Å². The average Bonchev–Trinajstić information content (AvgIpc) is 2.57. The summed E-state index contributed by atoms with van der Waals surface area (Å²) >= 11 is 1.61. The number of hydrogen-bond donors (Lipinski definition) is 1. The maximum Gasteiger partial charge on any atom is 0.257 e. The quantitative estimate of drug-likeness (QED) is 0.485. The molecule has 1 rings (SSSR count). The van der Waals surface area contributed by atoms with E-state index in [1.54, 1.807) is 11.8 Å². The smallest absolute Gasteiger partial charge is 0.257 e. The number of aromatic nitrogens is 1. The Morgan fingerprint density at radius 2 is 2.33 bits per heavy atom. The molecule has 0 unspecified atom stereocenters. The van der Waals surface area contributed by atoms with Crippen LogP contribution in [0.25, 0.3) is 0 Å². The second-order valence-corrected chi connectivity index (χ2v) is 4.09. The summed E-state index contributed by atoms with van der Waals surface area (Å²) in [7, 11) is 0. The lowest BCUT2D eigenvalue weighted by Gasteiger charge is -1.92. The van der Waals surface area contributed by atoms with E-state index in [1.807, 2.05) is 6.92 Å². The molecule has 1 heterocycles. The number of oxazole rings is 1. The minimum Gasteiger partial charge on any atom is -0.435 e. The second kappa shape index (κ2) is 6.54. The Hall–Kier alpha value is -0.920. The van der Waals surface area contributed by atoms with Gasteiger partial charge in [-0.2, -0.15) is 4.98 Å². The number of hydrogen-bond acceptors (Lipinski definition) is 4. The summed E-state index contributed by atoms with van der Waals surface area (Å²) in [6, 6.07) is 0. The van der Waals surface area contributed by atoms with E-state index < -0.39 is 0 Å². The van der Waals surface area contributed by atoms with Crippen molar-refractivity contribution in [2.45, 2.75) is 31.9 Å². The van der Waals surface area contributed by atoms with Gasteiger partial charge in [0, 0.05) is 5.75 Å². The monoisotopic (exact) mass is 225 g/mol. The normalized spacial score (nSPS) is 9.80. The highest BCUT2D eigenvalue weighted by atomic mass is 32.2. The Kier molecular flexibility index (Phi) is 5.30. The fraction of sp³-hybridized carbons (Fsp3) is 0.545. The highest BCUT2D eigenvalue weighted by molar-refractivity contribution is 7.99. The molecular weight excluding hydrogens is 210 g/mol. The first-order valence-corrected chi connectivity index (χ1v) is 5.96. The number of nitrogens with zero attached hydrogens (tertiary/aromatic N) is 1. The van der Waals surface area contributed by atoms with Crippen LogP contribution < -0.4 is 0 Å². The number of thioether (sulfide) groups is 1. The summed E-state index contributed by atoms with van der Waals surface area (Å²) in [6.07, 6.45) is 2.33. The van der Waals surface area contributed by atoms with Gasteiger partial charge >= 0.3 is 0 Å². The molecule has 82 valence electrons. The van der Waals surface area contributed by atoms with Gasteiger partial charge in [0.05, 0.1) is 0 Å². The number of aryl methyl sites for hydroxylation is 1. The summed E-state index contributed by atoms with van der Waals surface area (Å²) in [6.45, 7) is 3.84. The molecule has 0 amide bonds. The molecule has 15 heavy (non-hydrogen) atoms. The topological polar surface area (TPSA) is 46.3 Å². The van der Waals surface area contributed by atoms with E-state index in [0.717, 1.165) is 17.9 Å². The number of aliphatic hydroxyl groups excluding tert-OH is 1. The summed E-state index contributed by atoms with van der Waals surface area (Å²) in [5.41, 5.74) is 0.628. The van der Waals surface area contributed by atoms with Crippen LogP contribution in [0, 0.1) is 18.8 Å². The van der Waals surface area contributed by atoms with E-state index in [4.69, 9.17) is 9.52 Å². The summed E-state index contributed by atoms with van der Waals surface area (Å²) < 4.78 is 5.43. The van der Waals surface area contributed by atoms with Gasteiger partial charge in [0.15, 0.2) is 5.69 Å². The number of unbranched alkanes of at least 4 members (excludes halogenated alkanes) is 1. The third-order valence-electron chi connectivity index (χ3n) is 1.79. The predicted octanol–water partition coefficient (Wildman–Crippen LogP) is 2.22. The van der Waals surface area contributed by atoms with Crippen LogP contribution in [0.4, 0.5) is 0 Å². The molecule has 0 radical (unpaired) electrons. The first-order valence-electron chi connectivity index (χ1n) is 4.98. The first-order chi connectivity index (χ1) is 7.27. The third kappa shape index (κ3) is 3.98. The molecule has 0 bridgehead atoms. The third-order valence-corrected chi connectivity index (χ3v) is 2.70. The van der Waals surface area contributed by atoms with Crippen molar-refractivity contribution >= 4 is 11.8 Å². The average molecular weight is 225 g/mol. The van der Waals surface area contributed by atoms with Crippen molar-refractivity contribution in [3.8, 4) is 11.8 Å². The Labute approximate surface area is 94.3 Å². The molecule has 0 aliphatic heterocycles. The second-order valence-electron chi connectivity index (χ2n) is 3.05. The van der Waals surface area contributed by atoms with Crippen molar-refractivity contribution in [1.29, 1.82) is 0 Å². The van der Waals surface area contributed by atoms with Crippen LogP contribution in [-0.2, 0) is 0 Å². The van der Waals surface area contributed by atoms with Gasteiger partial charge in [-0.3, -0.25) is 0 Å². The van der Waals surface area contributed by atoms with Crippen LogP contribution in [-0.4, -0.2) is 22.5 Å². The standard InChI is InChI=1S/C11H15NO2S/c1-3-4-8-15-11-12-10(6-5-7-13)9(2)14-11/h13H,3-4,7-8H2,1-2H3. The van der Waals surface area contributed by atoms with E-state index in [-0.39, 0.29) is 6.61 Å². The van der Waals surface area contributed by atoms with Gasteiger partial charge in [0.25, 0.3) is 5.22 Å². The van der Waals surface area contributed by atoms with Crippen LogP contribution in [0.5, 0.6) is 0 Å². The minimum atomic E-state index is -0.148. The Morgan fingerprint density at radius 1 is 1.53 bits per heavy atom. The molecule has 1 aromatic heterocycles. The van der Waals surface area contributed by atoms with Gasteiger partial charge in [-0.25, -0.2) is 0 Å². The molecule has 1 N–H and O–H groups in total. The van der Waals surface area contributed by atoms with E-state index in [2.05, 4.69) is 23.7 Å². The van der Waals surface area contributed by atoms with Gasteiger partial charge in [0.2, 0.25) is 0 Å². The molecule has 0 atom stereocenters. The Bertz CT molecular complexity index is 362. The lowest BCUT2D eigenvalue weighted by molar-refractivity contribution is 0.350. The van der Waals surface area contributed by atoms with E-state index in [1.165, 1.54) is 6.42 Å². The molecule has 0 spiro atoms. The van der Waals surface area contributed by atoms with Crippen molar-refractivity contribution in [2.75, 3.05) is 12.4 Å². The zero-order valence-corrected chi connectivity index (χ0v) is 9.86. The SMILES string of the molecule is CCCCSc1nc(C#CCO)c(C)o1. The lowest BCUT2D eigenvalue weighted by Crippen LogP contribution is -1.80. The number of aliphatic hydroxyl groups is 1. The van der Waals surface area contributed by atoms with Gasteiger partial charge in [-0.15, -0.1) is 0 Å². The van der Waals surface area contributed by atoms with Gasteiger partial charge in [0.1, 0.15) is 12.4 Å². The number of rotatable bonds is 4. The van der Waals surface area contributed by atoms with Crippen molar-refractivity contribution in [2.24, 2.45) is 0 Å². The Morgan fingerprint density at radius 3 is 3.00 bits per heavy atom.